The second kappa shape index (κ2) is 4.84. The molecule has 0 bridgehead atoms. The SMILES string of the molecule is COC(=O)c1cn(C)cc1-c1c(F)ccc(F)c1C. The molecule has 0 radical (unpaired) electrons. The largest absolute Gasteiger partial charge is 0.465 e. The lowest BCUT2D eigenvalue weighted by atomic mass is 9.99. The zero-order chi connectivity index (χ0) is 14.2. The van der Waals surface area contributed by atoms with Gasteiger partial charge in [-0.1, -0.05) is 0 Å². The summed E-state index contributed by atoms with van der Waals surface area (Å²) < 4.78 is 33.8. The molecule has 19 heavy (non-hydrogen) atoms. The van der Waals surface area contributed by atoms with Gasteiger partial charge in [-0.2, -0.15) is 0 Å². The quantitative estimate of drug-likeness (QED) is 0.781. The monoisotopic (exact) mass is 265 g/mol. The van der Waals surface area contributed by atoms with Gasteiger partial charge >= 0.3 is 5.97 Å². The molecule has 1 aromatic carbocycles. The number of carbonyl (C=O) groups is 1. The summed E-state index contributed by atoms with van der Waals surface area (Å²) in [7, 11) is 2.94. The molecular weight excluding hydrogens is 252 g/mol. The Morgan fingerprint density at radius 3 is 2.47 bits per heavy atom. The van der Waals surface area contributed by atoms with Crippen LogP contribution in [0.5, 0.6) is 0 Å². The van der Waals surface area contributed by atoms with E-state index >= 15 is 0 Å². The molecule has 0 aliphatic heterocycles. The third kappa shape index (κ3) is 2.23. The molecule has 0 saturated carbocycles. The number of esters is 1. The van der Waals surface area contributed by atoms with Crippen LogP contribution in [0.3, 0.4) is 0 Å². The molecule has 0 saturated heterocycles. The number of rotatable bonds is 2. The fourth-order valence-electron chi connectivity index (χ4n) is 2.04. The summed E-state index contributed by atoms with van der Waals surface area (Å²) in [5.41, 5.74) is 0.777. The van der Waals surface area contributed by atoms with E-state index in [4.69, 9.17) is 0 Å². The van der Waals surface area contributed by atoms with Crippen molar-refractivity contribution < 1.29 is 18.3 Å². The average Bonchev–Trinajstić information content (AvgIpc) is 2.75. The highest BCUT2D eigenvalue weighted by molar-refractivity contribution is 5.97. The maximum atomic E-state index is 13.9. The molecule has 2 rings (SSSR count). The van der Waals surface area contributed by atoms with Crippen LogP contribution in [0.1, 0.15) is 15.9 Å². The van der Waals surface area contributed by atoms with Crippen LogP contribution in [0, 0.1) is 18.6 Å². The lowest BCUT2D eigenvalue weighted by Gasteiger charge is -2.08. The van der Waals surface area contributed by atoms with Crippen LogP contribution >= 0.6 is 0 Å². The van der Waals surface area contributed by atoms with E-state index in [2.05, 4.69) is 4.74 Å². The Balaban J connectivity index is 2.72. The number of nitrogens with zero attached hydrogens (tertiary/aromatic N) is 1. The van der Waals surface area contributed by atoms with Gasteiger partial charge in [0.2, 0.25) is 0 Å². The number of aryl methyl sites for hydroxylation is 1. The van der Waals surface area contributed by atoms with Crippen molar-refractivity contribution in [3.63, 3.8) is 0 Å². The van der Waals surface area contributed by atoms with E-state index < -0.39 is 17.6 Å². The Labute approximate surface area is 109 Å². The van der Waals surface area contributed by atoms with Crippen LogP contribution in [0.15, 0.2) is 24.5 Å². The van der Waals surface area contributed by atoms with Gasteiger partial charge in [0.15, 0.2) is 0 Å². The lowest BCUT2D eigenvalue weighted by Crippen LogP contribution is -2.03. The minimum absolute atomic E-state index is 0.0843. The van der Waals surface area contributed by atoms with E-state index in [1.165, 1.54) is 20.2 Å². The molecule has 0 unspecified atom stereocenters. The van der Waals surface area contributed by atoms with Crippen LogP contribution in [0.2, 0.25) is 0 Å². The van der Waals surface area contributed by atoms with E-state index in [1.807, 2.05) is 0 Å². The van der Waals surface area contributed by atoms with E-state index in [9.17, 15) is 13.6 Å². The van der Waals surface area contributed by atoms with Crippen molar-refractivity contribution in [1.29, 1.82) is 0 Å². The molecule has 0 N–H and O–H groups in total. The molecule has 2 aromatic rings. The normalized spacial score (nSPS) is 10.6. The third-order valence-electron chi connectivity index (χ3n) is 2.98. The first-order valence-corrected chi connectivity index (χ1v) is 5.65. The molecule has 3 nitrogen and oxygen atoms in total. The number of halogens is 2. The van der Waals surface area contributed by atoms with Crippen molar-refractivity contribution in [2.45, 2.75) is 6.92 Å². The Morgan fingerprint density at radius 1 is 1.21 bits per heavy atom. The number of carbonyl (C=O) groups excluding carboxylic acids is 1. The molecular formula is C14H13F2NO2. The van der Waals surface area contributed by atoms with E-state index in [0.29, 0.717) is 5.56 Å². The van der Waals surface area contributed by atoms with Gasteiger partial charge in [-0.3, -0.25) is 0 Å². The molecule has 0 atom stereocenters. The van der Waals surface area contributed by atoms with Gasteiger partial charge in [-0.05, 0) is 24.6 Å². The Bertz CT molecular complexity index is 647. The number of benzene rings is 1. The summed E-state index contributed by atoms with van der Waals surface area (Å²) in [6.07, 6.45) is 3.09. The molecule has 5 heteroatoms. The first kappa shape index (κ1) is 13.3. The lowest BCUT2D eigenvalue weighted by molar-refractivity contribution is 0.0601. The summed E-state index contributed by atoms with van der Waals surface area (Å²) in [5.74, 6) is -1.68. The van der Waals surface area contributed by atoms with Gasteiger partial charge in [0.05, 0.1) is 12.7 Å². The molecule has 0 fully saturated rings. The van der Waals surface area contributed by atoms with Crippen molar-refractivity contribution in [2.24, 2.45) is 7.05 Å². The maximum Gasteiger partial charge on any atom is 0.340 e. The smallest absolute Gasteiger partial charge is 0.340 e. The van der Waals surface area contributed by atoms with Crippen LogP contribution in [0.4, 0.5) is 8.78 Å². The first-order chi connectivity index (χ1) is 8.95. The predicted octanol–water partition coefficient (Wildman–Crippen LogP) is 3.07. The van der Waals surface area contributed by atoms with Gasteiger partial charge in [0.1, 0.15) is 11.6 Å². The van der Waals surface area contributed by atoms with Crippen LogP contribution in [0.25, 0.3) is 11.1 Å². The van der Waals surface area contributed by atoms with E-state index in [1.54, 1.807) is 17.8 Å². The Hall–Kier alpha value is -2.17. The number of ether oxygens (including phenoxy) is 1. The molecule has 1 heterocycles. The summed E-state index contributed by atoms with van der Waals surface area (Å²) in [5, 5.41) is 0. The number of hydrogen-bond donors (Lipinski definition) is 0. The molecule has 0 aliphatic rings. The predicted molar refractivity (Wildman–Crippen MR) is 66.8 cm³/mol. The molecule has 100 valence electrons. The standard InChI is InChI=1S/C14H13F2NO2/c1-8-11(15)4-5-12(16)13(8)9-6-17(2)7-10(9)14(18)19-3/h4-7H,1-3H3. The minimum atomic E-state index is -0.585. The summed E-state index contributed by atoms with van der Waals surface area (Å²) in [6.45, 7) is 1.47. The highest BCUT2D eigenvalue weighted by Gasteiger charge is 2.21. The van der Waals surface area contributed by atoms with Crippen LogP contribution < -0.4 is 0 Å². The van der Waals surface area contributed by atoms with Crippen LogP contribution in [-0.2, 0) is 11.8 Å². The average molecular weight is 265 g/mol. The molecule has 0 spiro atoms. The zero-order valence-corrected chi connectivity index (χ0v) is 10.8. The second-order valence-electron chi connectivity index (χ2n) is 4.27. The van der Waals surface area contributed by atoms with Gasteiger partial charge in [0, 0.05) is 30.6 Å². The molecule has 0 amide bonds. The van der Waals surface area contributed by atoms with Crippen molar-refractivity contribution >= 4 is 5.97 Å². The number of hydrogen-bond acceptors (Lipinski definition) is 2. The second-order valence-corrected chi connectivity index (χ2v) is 4.27. The summed E-state index contributed by atoms with van der Waals surface area (Å²) >= 11 is 0. The zero-order valence-electron chi connectivity index (χ0n) is 10.8. The first-order valence-electron chi connectivity index (χ1n) is 5.65. The third-order valence-corrected chi connectivity index (χ3v) is 2.98. The molecule has 0 aliphatic carbocycles. The highest BCUT2D eigenvalue weighted by Crippen LogP contribution is 2.31. The van der Waals surface area contributed by atoms with Crippen LogP contribution in [-0.4, -0.2) is 17.6 Å². The fourth-order valence-corrected chi connectivity index (χ4v) is 2.04. The van der Waals surface area contributed by atoms with E-state index in [-0.39, 0.29) is 16.7 Å². The van der Waals surface area contributed by atoms with Crippen molar-refractivity contribution in [2.75, 3.05) is 7.11 Å². The van der Waals surface area contributed by atoms with E-state index in [0.717, 1.165) is 12.1 Å². The van der Waals surface area contributed by atoms with Crippen molar-refractivity contribution in [3.8, 4) is 11.1 Å². The highest BCUT2D eigenvalue weighted by atomic mass is 19.1. The Kier molecular flexibility index (Phi) is 3.38. The van der Waals surface area contributed by atoms with Gasteiger partial charge in [-0.15, -0.1) is 0 Å². The van der Waals surface area contributed by atoms with Crippen molar-refractivity contribution in [3.05, 3.63) is 47.3 Å². The maximum absolute atomic E-state index is 13.9. The number of aromatic nitrogens is 1. The summed E-state index contributed by atoms with van der Waals surface area (Å²) in [6, 6.07) is 2.11. The van der Waals surface area contributed by atoms with Gasteiger partial charge < -0.3 is 9.30 Å². The molecule has 1 aromatic heterocycles. The minimum Gasteiger partial charge on any atom is -0.465 e. The summed E-state index contributed by atoms with van der Waals surface area (Å²) in [4.78, 5) is 11.7. The van der Waals surface area contributed by atoms with Crippen molar-refractivity contribution in [1.82, 2.24) is 4.57 Å². The topological polar surface area (TPSA) is 31.2 Å². The number of methoxy groups -OCH3 is 1. The Morgan fingerprint density at radius 2 is 1.84 bits per heavy atom. The van der Waals surface area contributed by atoms with Gasteiger partial charge in [0.25, 0.3) is 0 Å². The fraction of sp³-hybridized carbons (Fsp3) is 0.214. The van der Waals surface area contributed by atoms with Gasteiger partial charge in [-0.25, -0.2) is 13.6 Å².